The molecular formula is C20H21ClO5. The molecule has 26 heavy (non-hydrogen) atoms. The molecule has 138 valence electrons. The van der Waals surface area contributed by atoms with Crippen LogP contribution in [0.1, 0.15) is 35.6 Å². The number of hydrogen-bond acceptors (Lipinski definition) is 5. The lowest BCUT2D eigenvalue weighted by molar-refractivity contribution is -0.113. The van der Waals surface area contributed by atoms with Gasteiger partial charge in [0.15, 0.2) is 11.5 Å². The van der Waals surface area contributed by atoms with Crippen LogP contribution >= 0.6 is 11.6 Å². The monoisotopic (exact) mass is 376 g/mol. The van der Waals surface area contributed by atoms with Crippen molar-refractivity contribution < 1.29 is 24.4 Å². The minimum atomic E-state index is -0.473. The van der Waals surface area contributed by atoms with Gasteiger partial charge in [-0.1, -0.05) is 29.8 Å². The van der Waals surface area contributed by atoms with Crippen molar-refractivity contribution in [3.05, 3.63) is 58.1 Å². The highest BCUT2D eigenvalue weighted by Gasteiger charge is 2.29. The number of benzene rings is 2. The Kier molecular flexibility index (Phi) is 5.05. The summed E-state index contributed by atoms with van der Waals surface area (Å²) in [5.41, 5.74) is 3.01. The Morgan fingerprint density at radius 2 is 1.88 bits per heavy atom. The Morgan fingerprint density at radius 1 is 1.04 bits per heavy atom. The summed E-state index contributed by atoms with van der Waals surface area (Å²) in [6.07, 6.45) is 0.577. The molecule has 2 aromatic carbocycles. The van der Waals surface area contributed by atoms with E-state index in [2.05, 4.69) is 0 Å². The fraction of sp³-hybridized carbons (Fsp3) is 0.400. The van der Waals surface area contributed by atoms with Crippen molar-refractivity contribution in [2.45, 2.75) is 37.6 Å². The summed E-state index contributed by atoms with van der Waals surface area (Å²) in [6, 6.07) is 11.7. The highest BCUT2D eigenvalue weighted by atomic mass is 35.5. The van der Waals surface area contributed by atoms with Gasteiger partial charge in [0.25, 0.3) is 0 Å². The van der Waals surface area contributed by atoms with Crippen LogP contribution in [0.25, 0.3) is 0 Å². The van der Waals surface area contributed by atoms with Crippen LogP contribution < -0.4 is 9.47 Å². The molecule has 3 unspecified atom stereocenters. The van der Waals surface area contributed by atoms with Gasteiger partial charge in [-0.3, -0.25) is 0 Å². The summed E-state index contributed by atoms with van der Waals surface area (Å²) in [5.74, 6) is 1.51. The molecule has 1 saturated heterocycles. The van der Waals surface area contributed by atoms with E-state index in [-0.39, 0.29) is 25.6 Å². The minimum Gasteiger partial charge on any atom is -0.454 e. The zero-order valence-corrected chi connectivity index (χ0v) is 15.0. The maximum absolute atomic E-state index is 10.0. The molecule has 2 N–H and O–H groups in total. The van der Waals surface area contributed by atoms with Crippen molar-refractivity contribution in [1.29, 1.82) is 0 Å². The minimum absolute atomic E-state index is 0.0921. The molecule has 1 fully saturated rings. The maximum Gasteiger partial charge on any atom is 0.231 e. The third kappa shape index (κ3) is 3.67. The van der Waals surface area contributed by atoms with Gasteiger partial charge in [0.1, 0.15) is 0 Å². The third-order valence-corrected chi connectivity index (χ3v) is 5.22. The average Bonchev–Trinajstić information content (AvgIpc) is 3.10. The topological polar surface area (TPSA) is 68.2 Å². The van der Waals surface area contributed by atoms with E-state index in [0.29, 0.717) is 24.3 Å². The first-order valence-corrected chi connectivity index (χ1v) is 9.11. The SMILES string of the molecule is OCC1CC(O)CC(c2ccc(Cl)c(Cc3ccc4c(c3)OCO4)c2)O1. The van der Waals surface area contributed by atoms with Crippen molar-refractivity contribution in [3.8, 4) is 11.5 Å². The standard InChI is InChI=1S/C20H21ClO5/c21-17-3-2-13(19-9-15(23)8-16(10-22)26-19)7-14(17)5-12-1-4-18-20(6-12)25-11-24-18/h1-4,6-7,15-16,19,22-23H,5,8-11H2. The molecule has 4 rings (SSSR count). The number of rotatable bonds is 4. The molecule has 0 spiro atoms. The lowest BCUT2D eigenvalue weighted by Gasteiger charge is -2.32. The predicted octanol–water partition coefficient (Wildman–Crippen LogP) is 3.23. The van der Waals surface area contributed by atoms with Crippen LogP contribution in [0.2, 0.25) is 5.02 Å². The van der Waals surface area contributed by atoms with Crippen molar-refractivity contribution in [2.75, 3.05) is 13.4 Å². The van der Waals surface area contributed by atoms with E-state index >= 15 is 0 Å². The van der Waals surface area contributed by atoms with Crippen LogP contribution in [0.3, 0.4) is 0 Å². The van der Waals surface area contributed by atoms with Gasteiger partial charge in [-0.25, -0.2) is 0 Å². The summed E-state index contributed by atoms with van der Waals surface area (Å²) >= 11 is 6.40. The molecule has 0 amide bonds. The third-order valence-electron chi connectivity index (χ3n) is 4.85. The first kappa shape index (κ1) is 17.6. The second-order valence-electron chi connectivity index (χ2n) is 6.77. The second-order valence-corrected chi connectivity index (χ2v) is 7.18. The molecule has 0 aromatic heterocycles. The first-order valence-electron chi connectivity index (χ1n) is 8.73. The van der Waals surface area contributed by atoms with Gasteiger partial charge in [0.2, 0.25) is 6.79 Å². The summed E-state index contributed by atoms with van der Waals surface area (Å²) < 4.78 is 16.7. The molecule has 5 nitrogen and oxygen atoms in total. The van der Waals surface area contributed by atoms with E-state index in [9.17, 15) is 10.2 Å². The molecule has 3 atom stereocenters. The van der Waals surface area contributed by atoms with Crippen LogP contribution in [0.5, 0.6) is 11.5 Å². The molecule has 2 aliphatic rings. The Balaban J connectivity index is 1.56. The van der Waals surface area contributed by atoms with Gasteiger partial charge in [-0.05, 0) is 41.3 Å². The summed E-state index contributed by atoms with van der Waals surface area (Å²) in [6.45, 7) is 0.160. The van der Waals surface area contributed by atoms with Gasteiger partial charge >= 0.3 is 0 Å². The van der Waals surface area contributed by atoms with E-state index < -0.39 is 6.10 Å². The Bertz CT molecular complexity index is 794. The Hall–Kier alpha value is -1.79. The van der Waals surface area contributed by atoms with Crippen molar-refractivity contribution in [3.63, 3.8) is 0 Å². The fourth-order valence-electron chi connectivity index (χ4n) is 3.52. The van der Waals surface area contributed by atoms with Crippen LogP contribution in [0.4, 0.5) is 0 Å². The lowest BCUT2D eigenvalue weighted by atomic mass is 9.94. The second kappa shape index (κ2) is 7.45. The molecule has 0 bridgehead atoms. The molecule has 2 aliphatic heterocycles. The molecule has 6 heteroatoms. The molecule has 2 aromatic rings. The molecule has 2 heterocycles. The normalized spacial score (nSPS) is 24.7. The van der Waals surface area contributed by atoms with Gasteiger partial charge < -0.3 is 24.4 Å². The van der Waals surface area contributed by atoms with E-state index in [1.54, 1.807) is 0 Å². The number of aliphatic hydroxyl groups is 2. The van der Waals surface area contributed by atoms with Gasteiger partial charge in [0.05, 0.1) is 24.9 Å². The van der Waals surface area contributed by atoms with Crippen molar-refractivity contribution in [2.24, 2.45) is 0 Å². The zero-order chi connectivity index (χ0) is 18.1. The number of halogens is 1. The van der Waals surface area contributed by atoms with E-state index in [1.807, 2.05) is 36.4 Å². The van der Waals surface area contributed by atoms with Gasteiger partial charge in [-0.2, -0.15) is 0 Å². The van der Waals surface area contributed by atoms with Crippen LogP contribution in [-0.4, -0.2) is 35.8 Å². The number of fused-ring (bicyclic) bond motifs is 1. The maximum atomic E-state index is 10.0. The quantitative estimate of drug-likeness (QED) is 0.857. The average molecular weight is 377 g/mol. The number of hydrogen-bond donors (Lipinski definition) is 2. The van der Waals surface area contributed by atoms with Crippen LogP contribution in [0, 0.1) is 0 Å². The summed E-state index contributed by atoms with van der Waals surface area (Å²) in [5, 5.41) is 20.1. The highest BCUT2D eigenvalue weighted by Crippen LogP contribution is 2.36. The van der Waals surface area contributed by atoms with E-state index in [0.717, 1.165) is 28.2 Å². The molecular weight excluding hydrogens is 356 g/mol. The smallest absolute Gasteiger partial charge is 0.231 e. The Morgan fingerprint density at radius 3 is 2.73 bits per heavy atom. The van der Waals surface area contributed by atoms with Crippen molar-refractivity contribution >= 4 is 11.6 Å². The van der Waals surface area contributed by atoms with Gasteiger partial charge in [-0.15, -0.1) is 0 Å². The predicted molar refractivity (Wildman–Crippen MR) is 96.8 cm³/mol. The van der Waals surface area contributed by atoms with Crippen LogP contribution in [0.15, 0.2) is 36.4 Å². The Labute approximate surface area is 157 Å². The first-order chi connectivity index (χ1) is 12.6. The van der Waals surface area contributed by atoms with E-state index in [4.69, 9.17) is 25.8 Å². The fourth-order valence-corrected chi connectivity index (χ4v) is 3.71. The molecule has 0 radical (unpaired) electrons. The largest absolute Gasteiger partial charge is 0.454 e. The van der Waals surface area contributed by atoms with E-state index in [1.165, 1.54) is 0 Å². The zero-order valence-electron chi connectivity index (χ0n) is 14.2. The van der Waals surface area contributed by atoms with Crippen molar-refractivity contribution in [1.82, 2.24) is 0 Å². The summed E-state index contributed by atoms with van der Waals surface area (Å²) in [4.78, 5) is 0. The van der Waals surface area contributed by atoms with Gasteiger partial charge in [0, 0.05) is 17.9 Å². The number of aliphatic hydroxyl groups excluding tert-OH is 2. The molecule has 0 saturated carbocycles. The van der Waals surface area contributed by atoms with Crippen LogP contribution in [-0.2, 0) is 11.2 Å². The lowest BCUT2D eigenvalue weighted by Crippen LogP contribution is -2.33. The number of ether oxygens (including phenoxy) is 3. The molecule has 0 aliphatic carbocycles. The summed E-state index contributed by atoms with van der Waals surface area (Å²) in [7, 11) is 0. The highest BCUT2D eigenvalue weighted by molar-refractivity contribution is 6.31.